The Bertz CT molecular complexity index is 829. The molecule has 0 aliphatic heterocycles. The number of benzene rings is 2. The topological polar surface area (TPSA) is 49.4 Å². The summed E-state index contributed by atoms with van der Waals surface area (Å²) in [7, 11) is 0. The van der Waals surface area contributed by atoms with Crippen molar-refractivity contribution in [1.29, 1.82) is 0 Å². The highest BCUT2D eigenvalue weighted by Gasteiger charge is 2.28. The molecule has 0 saturated carbocycles. The maximum absolute atomic E-state index is 13.1. The van der Waals surface area contributed by atoms with E-state index in [0.29, 0.717) is 16.6 Å². The van der Waals surface area contributed by atoms with Gasteiger partial charge in [-0.15, -0.1) is 0 Å². The minimum absolute atomic E-state index is 0.145. The van der Waals surface area contributed by atoms with Crippen LogP contribution in [0.1, 0.15) is 38.8 Å². The zero-order valence-electron chi connectivity index (χ0n) is 16.6. The van der Waals surface area contributed by atoms with Crippen LogP contribution in [0.5, 0.6) is 0 Å². The molecule has 0 radical (unpaired) electrons. The SMILES string of the molecule is CC(C(=O)NC(C)(C)C)N(Cc1ccc(Cl)cc1)C(=O)Cc1cccc(Cl)c1. The Hall–Kier alpha value is -2.04. The largest absolute Gasteiger partial charge is 0.350 e. The smallest absolute Gasteiger partial charge is 0.242 e. The van der Waals surface area contributed by atoms with Crippen LogP contribution in [0.25, 0.3) is 0 Å². The quantitative estimate of drug-likeness (QED) is 0.724. The van der Waals surface area contributed by atoms with Crippen molar-refractivity contribution in [3.8, 4) is 0 Å². The van der Waals surface area contributed by atoms with Crippen molar-refractivity contribution in [3.05, 3.63) is 69.7 Å². The van der Waals surface area contributed by atoms with Crippen LogP contribution in [-0.2, 0) is 22.6 Å². The number of rotatable bonds is 6. The lowest BCUT2D eigenvalue weighted by molar-refractivity contribution is -0.140. The van der Waals surface area contributed by atoms with Gasteiger partial charge < -0.3 is 10.2 Å². The average molecular weight is 421 g/mol. The van der Waals surface area contributed by atoms with E-state index in [2.05, 4.69) is 5.32 Å². The van der Waals surface area contributed by atoms with E-state index in [9.17, 15) is 9.59 Å². The van der Waals surface area contributed by atoms with Gasteiger partial charge in [0.2, 0.25) is 11.8 Å². The van der Waals surface area contributed by atoms with Gasteiger partial charge in [-0.25, -0.2) is 0 Å². The predicted octanol–water partition coefficient (Wildman–Crippen LogP) is 4.87. The Balaban J connectivity index is 2.24. The number of carbonyl (C=O) groups excluding carboxylic acids is 2. The van der Waals surface area contributed by atoms with Gasteiger partial charge in [0.05, 0.1) is 6.42 Å². The van der Waals surface area contributed by atoms with Gasteiger partial charge in [-0.3, -0.25) is 9.59 Å². The monoisotopic (exact) mass is 420 g/mol. The van der Waals surface area contributed by atoms with Crippen LogP contribution in [-0.4, -0.2) is 28.3 Å². The van der Waals surface area contributed by atoms with Crippen LogP contribution in [0.2, 0.25) is 10.0 Å². The molecule has 0 heterocycles. The fourth-order valence-electron chi connectivity index (χ4n) is 2.77. The summed E-state index contributed by atoms with van der Waals surface area (Å²) < 4.78 is 0. The number of amides is 2. The summed E-state index contributed by atoms with van der Waals surface area (Å²) in [6, 6.07) is 13.8. The molecule has 1 unspecified atom stereocenters. The molecule has 2 rings (SSSR count). The number of nitrogens with one attached hydrogen (secondary N) is 1. The van der Waals surface area contributed by atoms with Crippen LogP contribution in [0, 0.1) is 0 Å². The van der Waals surface area contributed by atoms with E-state index in [1.807, 2.05) is 45.0 Å². The summed E-state index contributed by atoms with van der Waals surface area (Å²) in [5.74, 6) is -0.338. The van der Waals surface area contributed by atoms with Crippen molar-refractivity contribution in [2.24, 2.45) is 0 Å². The third-order valence-corrected chi connectivity index (χ3v) is 4.66. The minimum atomic E-state index is -0.624. The van der Waals surface area contributed by atoms with E-state index in [4.69, 9.17) is 23.2 Å². The summed E-state index contributed by atoms with van der Waals surface area (Å²) in [5.41, 5.74) is 1.33. The molecule has 0 aromatic heterocycles. The van der Waals surface area contributed by atoms with Crippen molar-refractivity contribution in [2.45, 2.75) is 52.2 Å². The highest BCUT2D eigenvalue weighted by molar-refractivity contribution is 6.30. The highest BCUT2D eigenvalue weighted by atomic mass is 35.5. The number of hydrogen-bond donors (Lipinski definition) is 1. The molecule has 0 spiro atoms. The Morgan fingerprint density at radius 1 is 1.00 bits per heavy atom. The van der Waals surface area contributed by atoms with Gasteiger partial charge in [-0.2, -0.15) is 0 Å². The van der Waals surface area contributed by atoms with Gasteiger partial charge in [-0.1, -0.05) is 47.5 Å². The molecule has 0 bridgehead atoms. The normalized spacial score (nSPS) is 12.4. The molecule has 0 fully saturated rings. The average Bonchev–Trinajstić information content (AvgIpc) is 2.59. The predicted molar refractivity (Wildman–Crippen MR) is 115 cm³/mol. The summed E-state index contributed by atoms with van der Waals surface area (Å²) in [6.07, 6.45) is 0.168. The molecule has 28 heavy (non-hydrogen) atoms. The summed E-state index contributed by atoms with van der Waals surface area (Å²) in [6.45, 7) is 7.79. The maximum atomic E-state index is 13.1. The molecule has 2 amide bonds. The molecular formula is C22H26Cl2N2O2. The molecule has 4 nitrogen and oxygen atoms in total. The summed E-state index contributed by atoms with van der Waals surface area (Å²) >= 11 is 12.0. The van der Waals surface area contributed by atoms with E-state index >= 15 is 0 Å². The number of hydrogen-bond acceptors (Lipinski definition) is 2. The maximum Gasteiger partial charge on any atom is 0.242 e. The fourth-order valence-corrected chi connectivity index (χ4v) is 3.11. The molecule has 1 atom stereocenters. The molecular weight excluding hydrogens is 395 g/mol. The van der Waals surface area contributed by atoms with Crippen molar-refractivity contribution in [1.82, 2.24) is 10.2 Å². The zero-order valence-corrected chi connectivity index (χ0v) is 18.1. The first-order chi connectivity index (χ1) is 13.0. The van der Waals surface area contributed by atoms with E-state index < -0.39 is 6.04 Å². The van der Waals surface area contributed by atoms with E-state index in [-0.39, 0.29) is 23.8 Å². The Kier molecular flexibility index (Phi) is 7.50. The van der Waals surface area contributed by atoms with E-state index in [0.717, 1.165) is 11.1 Å². The van der Waals surface area contributed by atoms with Gasteiger partial charge in [0.25, 0.3) is 0 Å². The standard InChI is InChI=1S/C22H26Cl2N2O2/c1-15(21(28)25-22(2,3)4)26(14-16-8-10-18(23)11-9-16)20(27)13-17-6-5-7-19(24)12-17/h5-12,15H,13-14H2,1-4H3,(H,25,28). The molecule has 0 aliphatic rings. The second kappa shape index (κ2) is 9.44. The summed E-state index contributed by atoms with van der Waals surface area (Å²) in [5, 5.41) is 4.15. The van der Waals surface area contributed by atoms with Crippen molar-refractivity contribution >= 4 is 35.0 Å². The molecule has 150 valence electrons. The lowest BCUT2D eigenvalue weighted by Gasteiger charge is -2.31. The van der Waals surface area contributed by atoms with Gasteiger partial charge in [0.1, 0.15) is 6.04 Å². The Morgan fingerprint density at radius 2 is 1.64 bits per heavy atom. The molecule has 0 saturated heterocycles. The third kappa shape index (κ3) is 6.84. The lowest BCUT2D eigenvalue weighted by atomic mass is 10.1. The fraction of sp³-hybridized carbons (Fsp3) is 0.364. The minimum Gasteiger partial charge on any atom is -0.350 e. The Morgan fingerprint density at radius 3 is 2.21 bits per heavy atom. The second-order valence-corrected chi connectivity index (χ2v) is 8.74. The first-order valence-corrected chi connectivity index (χ1v) is 9.91. The van der Waals surface area contributed by atoms with E-state index in [1.165, 1.54) is 0 Å². The lowest BCUT2D eigenvalue weighted by Crippen LogP contribution is -2.52. The highest BCUT2D eigenvalue weighted by Crippen LogP contribution is 2.17. The van der Waals surface area contributed by atoms with Gasteiger partial charge in [0.15, 0.2) is 0 Å². The van der Waals surface area contributed by atoms with Gasteiger partial charge in [-0.05, 0) is 63.1 Å². The number of carbonyl (C=O) groups is 2. The second-order valence-electron chi connectivity index (χ2n) is 7.87. The van der Waals surface area contributed by atoms with Gasteiger partial charge >= 0.3 is 0 Å². The molecule has 2 aromatic rings. The first-order valence-electron chi connectivity index (χ1n) is 9.15. The molecule has 6 heteroatoms. The molecule has 0 aliphatic carbocycles. The summed E-state index contributed by atoms with van der Waals surface area (Å²) in [4.78, 5) is 27.4. The van der Waals surface area contributed by atoms with Crippen LogP contribution < -0.4 is 5.32 Å². The van der Waals surface area contributed by atoms with Crippen molar-refractivity contribution in [3.63, 3.8) is 0 Å². The van der Waals surface area contributed by atoms with E-state index in [1.54, 1.807) is 36.1 Å². The first kappa shape index (κ1) is 22.3. The van der Waals surface area contributed by atoms with Crippen molar-refractivity contribution in [2.75, 3.05) is 0 Å². The number of nitrogens with zero attached hydrogens (tertiary/aromatic N) is 1. The van der Waals surface area contributed by atoms with Crippen LogP contribution >= 0.6 is 23.2 Å². The van der Waals surface area contributed by atoms with Crippen molar-refractivity contribution < 1.29 is 9.59 Å². The number of halogens is 2. The van der Waals surface area contributed by atoms with Crippen LogP contribution in [0.3, 0.4) is 0 Å². The molecule has 2 aromatic carbocycles. The molecule has 1 N–H and O–H groups in total. The third-order valence-electron chi connectivity index (χ3n) is 4.18. The Labute approximate surface area is 176 Å². The zero-order chi connectivity index (χ0) is 20.9. The van der Waals surface area contributed by atoms with Crippen LogP contribution in [0.4, 0.5) is 0 Å². The van der Waals surface area contributed by atoms with Crippen LogP contribution in [0.15, 0.2) is 48.5 Å². The van der Waals surface area contributed by atoms with Gasteiger partial charge in [0, 0.05) is 22.1 Å².